The maximum Gasteiger partial charge on any atom is 0.315 e. The first-order valence-electron chi connectivity index (χ1n) is 7.99. The van der Waals surface area contributed by atoms with Gasteiger partial charge in [-0.3, -0.25) is 0 Å². The molecule has 4 unspecified atom stereocenters. The minimum Gasteiger partial charge on any atom is -0.387 e. The summed E-state index contributed by atoms with van der Waals surface area (Å²) < 4.78 is 5.72. The minimum absolute atomic E-state index is 0.0483. The number of ether oxygens (including phenoxy) is 1. The molecule has 3 N–H and O–H groups in total. The van der Waals surface area contributed by atoms with E-state index in [9.17, 15) is 9.90 Å². The highest BCUT2D eigenvalue weighted by Crippen LogP contribution is 2.52. The Morgan fingerprint density at radius 3 is 2.83 bits per heavy atom. The summed E-state index contributed by atoms with van der Waals surface area (Å²) in [6, 6.07) is 6.81. The number of hydrogen-bond acceptors (Lipinski definition) is 3. The van der Waals surface area contributed by atoms with E-state index in [0.29, 0.717) is 10.9 Å². The Morgan fingerprint density at radius 2 is 2.13 bits per heavy atom. The zero-order chi connectivity index (χ0) is 16.6. The van der Waals surface area contributed by atoms with Crippen LogP contribution in [0.1, 0.15) is 31.9 Å². The number of nitrogens with one attached hydrogen (secondary N) is 2. The van der Waals surface area contributed by atoms with Crippen molar-refractivity contribution in [2.45, 2.75) is 38.5 Å². The molecule has 1 aromatic carbocycles. The van der Waals surface area contributed by atoms with Gasteiger partial charge < -0.3 is 20.5 Å². The third-order valence-electron chi connectivity index (χ3n) is 5.10. The highest BCUT2D eigenvalue weighted by Gasteiger charge is 2.59. The number of urea groups is 1. The first-order valence-corrected chi connectivity index (χ1v) is 8.37. The fourth-order valence-electron chi connectivity index (χ4n) is 3.80. The zero-order valence-corrected chi connectivity index (χ0v) is 14.1. The van der Waals surface area contributed by atoms with Crippen molar-refractivity contribution in [3.63, 3.8) is 0 Å². The summed E-state index contributed by atoms with van der Waals surface area (Å²) in [6.45, 7) is 5.17. The van der Waals surface area contributed by atoms with Gasteiger partial charge in [-0.2, -0.15) is 0 Å². The van der Waals surface area contributed by atoms with Crippen LogP contribution in [-0.4, -0.2) is 36.4 Å². The predicted octanol–water partition coefficient (Wildman–Crippen LogP) is 2.49. The Bertz CT molecular complexity index is 576. The fraction of sp³-hybridized carbons (Fsp3) is 0.588. The molecule has 1 aromatic rings. The maximum absolute atomic E-state index is 12.1. The molecule has 0 radical (unpaired) electrons. The molecule has 5 nitrogen and oxygen atoms in total. The maximum atomic E-state index is 12.1. The molecule has 1 heterocycles. The third kappa shape index (κ3) is 3.18. The summed E-state index contributed by atoms with van der Waals surface area (Å²) in [5.74, 6) is 0.400. The van der Waals surface area contributed by atoms with Gasteiger partial charge in [0, 0.05) is 35.5 Å². The lowest BCUT2D eigenvalue weighted by Crippen LogP contribution is -2.67. The van der Waals surface area contributed by atoms with Crippen molar-refractivity contribution in [3.8, 4) is 0 Å². The third-order valence-corrected chi connectivity index (χ3v) is 5.35. The smallest absolute Gasteiger partial charge is 0.315 e. The van der Waals surface area contributed by atoms with Crippen LogP contribution >= 0.6 is 11.6 Å². The molecule has 4 atom stereocenters. The van der Waals surface area contributed by atoms with Gasteiger partial charge in [0.15, 0.2) is 0 Å². The van der Waals surface area contributed by atoms with E-state index in [1.807, 2.05) is 0 Å². The second kappa shape index (κ2) is 6.30. The van der Waals surface area contributed by atoms with E-state index >= 15 is 0 Å². The van der Waals surface area contributed by atoms with Gasteiger partial charge in [-0.1, -0.05) is 37.6 Å². The quantitative estimate of drug-likeness (QED) is 0.790. The molecule has 1 aliphatic carbocycles. The second-order valence-electron chi connectivity index (χ2n) is 6.96. The van der Waals surface area contributed by atoms with Crippen LogP contribution in [0.15, 0.2) is 24.3 Å². The van der Waals surface area contributed by atoms with Gasteiger partial charge in [0.2, 0.25) is 0 Å². The van der Waals surface area contributed by atoms with E-state index in [-0.39, 0.29) is 30.1 Å². The van der Waals surface area contributed by atoms with Gasteiger partial charge in [-0.05, 0) is 24.1 Å². The van der Waals surface area contributed by atoms with Crippen LogP contribution in [0.2, 0.25) is 5.02 Å². The highest BCUT2D eigenvalue weighted by atomic mass is 35.5. The molecular weight excluding hydrogens is 316 g/mol. The van der Waals surface area contributed by atoms with Gasteiger partial charge in [0.1, 0.15) is 0 Å². The fourth-order valence-corrected chi connectivity index (χ4v) is 3.93. The van der Waals surface area contributed by atoms with Gasteiger partial charge in [0.05, 0.1) is 12.2 Å². The molecule has 1 saturated carbocycles. The van der Waals surface area contributed by atoms with Crippen molar-refractivity contribution in [2.75, 3.05) is 13.2 Å². The van der Waals surface area contributed by atoms with Gasteiger partial charge >= 0.3 is 6.03 Å². The lowest BCUT2D eigenvalue weighted by Gasteiger charge is -2.54. The Kier molecular flexibility index (Phi) is 4.54. The Balaban J connectivity index is 1.49. The summed E-state index contributed by atoms with van der Waals surface area (Å²) in [6.07, 6.45) is 0.481. The number of hydrogen-bond donors (Lipinski definition) is 3. The average Bonchev–Trinajstić information content (AvgIpc) is 2.98. The molecule has 126 valence electrons. The number of benzene rings is 1. The molecule has 2 fully saturated rings. The number of rotatable bonds is 4. The number of aliphatic hydroxyl groups excluding tert-OH is 1. The van der Waals surface area contributed by atoms with E-state index in [1.165, 1.54) is 0 Å². The standard InChI is InChI=1S/C17H23ClN2O3/c1-17(2)14(12-7-8-23-15(12)17)20-16(22)19-9-13(21)10-3-5-11(18)6-4-10/h3-6,12-15,21H,7-9H2,1-2H3,(H2,19,20,22). The van der Waals surface area contributed by atoms with Crippen molar-refractivity contribution < 1.29 is 14.6 Å². The van der Waals surface area contributed by atoms with Crippen LogP contribution in [0, 0.1) is 11.3 Å². The van der Waals surface area contributed by atoms with Crippen molar-refractivity contribution in [3.05, 3.63) is 34.9 Å². The monoisotopic (exact) mass is 338 g/mol. The number of amides is 2. The van der Waals surface area contributed by atoms with Crippen molar-refractivity contribution >= 4 is 17.6 Å². The van der Waals surface area contributed by atoms with E-state index in [4.69, 9.17) is 16.3 Å². The molecule has 3 rings (SSSR count). The molecular formula is C17H23ClN2O3. The van der Waals surface area contributed by atoms with Crippen LogP contribution in [0.4, 0.5) is 4.79 Å². The molecule has 1 saturated heterocycles. The summed E-state index contributed by atoms with van der Waals surface area (Å²) >= 11 is 5.82. The number of aliphatic hydroxyl groups is 1. The predicted molar refractivity (Wildman–Crippen MR) is 88.4 cm³/mol. The SMILES string of the molecule is CC1(C)C(NC(=O)NCC(O)c2ccc(Cl)cc2)C2CCOC21. The largest absolute Gasteiger partial charge is 0.387 e. The summed E-state index contributed by atoms with van der Waals surface area (Å²) in [5, 5.41) is 16.5. The lowest BCUT2D eigenvalue weighted by molar-refractivity contribution is -0.108. The van der Waals surface area contributed by atoms with Crippen molar-refractivity contribution in [1.29, 1.82) is 0 Å². The second-order valence-corrected chi connectivity index (χ2v) is 7.40. The molecule has 6 heteroatoms. The minimum atomic E-state index is -0.755. The topological polar surface area (TPSA) is 70.6 Å². The zero-order valence-electron chi connectivity index (χ0n) is 13.4. The lowest BCUT2D eigenvalue weighted by atomic mass is 9.57. The van der Waals surface area contributed by atoms with Crippen LogP contribution in [0.5, 0.6) is 0 Å². The molecule has 0 aromatic heterocycles. The van der Waals surface area contributed by atoms with E-state index in [0.717, 1.165) is 18.6 Å². The average molecular weight is 339 g/mol. The van der Waals surface area contributed by atoms with Gasteiger partial charge in [-0.25, -0.2) is 4.79 Å². The Hall–Kier alpha value is -1.30. The van der Waals surface area contributed by atoms with Crippen LogP contribution in [0.25, 0.3) is 0 Å². The van der Waals surface area contributed by atoms with E-state index < -0.39 is 6.10 Å². The van der Waals surface area contributed by atoms with Crippen LogP contribution in [0.3, 0.4) is 0 Å². The number of halogens is 1. The Labute approximate surface area is 141 Å². The van der Waals surface area contributed by atoms with Crippen LogP contribution in [-0.2, 0) is 4.74 Å². The first kappa shape index (κ1) is 16.6. The molecule has 0 bridgehead atoms. The normalized spacial score (nSPS) is 29.3. The van der Waals surface area contributed by atoms with Crippen LogP contribution < -0.4 is 10.6 Å². The summed E-state index contributed by atoms with van der Waals surface area (Å²) in [4.78, 5) is 12.1. The number of fused-ring (bicyclic) bond motifs is 1. The van der Waals surface area contributed by atoms with Gasteiger partial charge in [-0.15, -0.1) is 0 Å². The Morgan fingerprint density at radius 1 is 1.43 bits per heavy atom. The number of carbonyl (C=O) groups excluding carboxylic acids is 1. The summed E-state index contributed by atoms with van der Waals surface area (Å²) in [7, 11) is 0. The molecule has 2 amide bonds. The van der Waals surface area contributed by atoms with E-state index in [2.05, 4.69) is 24.5 Å². The first-order chi connectivity index (χ1) is 10.9. The summed E-state index contributed by atoms with van der Waals surface area (Å²) in [5.41, 5.74) is 0.677. The molecule has 23 heavy (non-hydrogen) atoms. The van der Waals surface area contributed by atoms with E-state index in [1.54, 1.807) is 24.3 Å². The van der Waals surface area contributed by atoms with Crippen molar-refractivity contribution in [2.24, 2.45) is 11.3 Å². The molecule has 0 spiro atoms. The highest BCUT2D eigenvalue weighted by molar-refractivity contribution is 6.30. The van der Waals surface area contributed by atoms with Gasteiger partial charge in [0.25, 0.3) is 0 Å². The van der Waals surface area contributed by atoms with Crippen molar-refractivity contribution in [1.82, 2.24) is 10.6 Å². The molecule has 2 aliphatic rings. The number of carbonyl (C=O) groups is 1. The molecule has 1 aliphatic heterocycles.